The van der Waals surface area contributed by atoms with Gasteiger partial charge in [-0.1, -0.05) is 17.1 Å². The molecule has 0 aliphatic heterocycles. The summed E-state index contributed by atoms with van der Waals surface area (Å²) in [6.07, 6.45) is 1.27. The fourth-order valence-corrected chi connectivity index (χ4v) is 1.51. The zero-order valence-corrected chi connectivity index (χ0v) is 7.43. The van der Waals surface area contributed by atoms with Crippen LogP contribution in [0.4, 0.5) is 12.9 Å². The van der Waals surface area contributed by atoms with Gasteiger partial charge in [-0.3, -0.25) is 0 Å². The van der Waals surface area contributed by atoms with Crippen molar-refractivity contribution in [2.75, 3.05) is 0 Å². The van der Waals surface area contributed by atoms with Crippen molar-refractivity contribution >= 4 is 23.4 Å². The number of rotatable bonds is 1. The zero-order chi connectivity index (χ0) is 10.3. The van der Waals surface area contributed by atoms with Crippen molar-refractivity contribution in [2.24, 2.45) is 0 Å². The minimum absolute atomic E-state index is 0.0666. The minimum Gasteiger partial charge on any atom is -0.467 e. The predicted octanol–water partition coefficient (Wildman–Crippen LogP) is 2.80. The van der Waals surface area contributed by atoms with Crippen LogP contribution >= 0.6 is 0 Å². The van der Waals surface area contributed by atoms with Crippen LogP contribution in [0, 0.1) is 6.92 Å². The number of benzene rings is 1. The molecule has 0 atom stereocenters. The van der Waals surface area contributed by atoms with E-state index in [1.807, 2.05) is 0 Å². The van der Waals surface area contributed by atoms with Gasteiger partial charge in [0.25, 0.3) is 0 Å². The number of furan rings is 1. The second-order valence-electron chi connectivity index (χ2n) is 3.27. The Kier molecular flexibility index (Phi) is 1.84. The molecular formula is C9H7BF3O-. The average Bonchev–Trinajstić information content (AvgIpc) is 2.47. The van der Waals surface area contributed by atoms with Crippen molar-refractivity contribution in [1.82, 2.24) is 0 Å². The van der Waals surface area contributed by atoms with E-state index in [4.69, 9.17) is 4.42 Å². The highest BCUT2D eigenvalue weighted by Crippen LogP contribution is 2.20. The number of fused-ring (bicyclic) bond motifs is 1. The molecule has 2 rings (SSSR count). The molecule has 74 valence electrons. The molecule has 0 amide bonds. The summed E-state index contributed by atoms with van der Waals surface area (Å²) in [6, 6.07) is 4.32. The SMILES string of the molecule is Cc1cc([B-](F)(F)F)c2occc2c1. The van der Waals surface area contributed by atoms with Crippen molar-refractivity contribution in [3.8, 4) is 0 Å². The molecule has 0 spiro atoms. The Balaban J connectivity index is 2.80. The quantitative estimate of drug-likeness (QED) is 0.643. The van der Waals surface area contributed by atoms with Gasteiger partial charge in [0.2, 0.25) is 0 Å². The molecule has 0 aliphatic carbocycles. The lowest BCUT2D eigenvalue weighted by molar-refractivity contribution is 0.499. The van der Waals surface area contributed by atoms with Gasteiger partial charge in [0.15, 0.2) is 0 Å². The first kappa shape index (κ1) is 9.18. The van der Waals surface area contributed by atoms with E-state index in [9.17, 15) is 12.9 Å². The Bertz CT molecular complexity index is 472. The second-order valence-corrected chi connectivity index (χ2v) is 3.27. The van der Waals surface area contributed by atoms with E-state index in [2.05, 4.69) is 0 Å². The van der Waals surface area contributed by atoms with Gasteiger partial charge in [-0.15, -0.1) is 0 Å². The maximum Gasteiger partial charge on any atom is 0.513 e. The first-order chi connectivity index (χ1) is 6.48. The zero-order valence-electron chi connectivity index (χ0n) is 7.43. The largest absolute Gasteiger partial charge is 0.513 e. The van der Waals surface area contributed by atoms with Crippen LogP contribution in [-0.4, -0.2) is 6.98 Å². The van der Waals surface area contributed by atoms with E-state index in [1.54, 1.807) is 13.0 Å². The Morgan fingerprint density at radius 2 is 1.93 bits per heavy atom. The van der Waals surface area contributed by atoms with Crippen LogP contribution in [0.2, 0.25) is 0 Å². The Hall–Kier alpha value is -1.39. The molecular weight excluding hydrogens is 192 g/mol. The van der Waals surface area contributed by atoms with Gasteiger partial charge in [-0.2, -0.15) is 0 Å². The van der Waals surface area contributed by atoms with Crippen molar-refractivity contribution < 1.29 is 17.4 Å². The number of hydrogen-bond donors (Lipinski definition) is 0. The van der Waals surface area contributed by atoms with Crippen molar-refractivity contribution in [1.29, 1.82) is 0 Å². The standard InChI is InChI=1S/C9H7BF3O/c1-6-4-7-2-3-14-9(7)8(5-6)10(11,12)13/h2-5H,1H3/q-1. The molecule has 0 saturated carbocycles. The molecule has 0 radical (unpaired) electrons. The maximum atomic E-state index is 12.6. The van der Waals surface area contributed by atoms with Crippen LogP contribution in [0.25, 0.3) is 11.0 Å². The first-order valence-electron chi connectivity index (χ1n) is 4.16. The summed E-state index contributed by atoms with van der Waals surface area (Å²) in [7, 11) is 0. The van der Waals surface area contributed by atoms with Gasteiger partial charge in [0.1, 0.15) is 5.58 Å². The summed E-state index contributed by atoms with van der Waals surface area (Å²) < 4.78 is 42.6. The molecule has 0 aliphatic rings. The smallest absolute Gasteiger partial charge is 0.467 e. The van der Waals surface area contributed by atoms with Gasteiger partial charge >= 0.3 is 6.98 Å². The highest BCUT2D eigenvalue weighted by atomic mass is 19.4. The van der Waals surface area contributed by atoms with Crippen LogP contribution in [0.1, 0.15) is 5.56 Å². The number of halogens is 3. The van der Waals surface area contributed by atoms with Gasteiger partial charge in [-0.05, 0) is 19.1 Å². The molecule has 0 bridgehead atoms. The van der Waals surface area contributed by atoms with E-state index in [1.165, 1.54) is 12.3 Å². The normalized spacial score (nSPS) is 12.3. The monoisotopic (exact) mass is 199 g/mol. The molecule has 0 saturated heterocycles. The lowest BCUT2D eigenvalue weighted by Crippen LogP contribution is -2.34. The molecule has 1 aromatic carbocycles. The Morgan fingerprint density at radius 1 is 1.21 bits per heavy atom. The summed E-state index contributed by atoms with van der Waals surface area (Å²) in [4.78, 5) is 0. The molecule has 1 heterocycles. The van der Waals surface area contributed by atoms with E-state index >= 15 is 0 Å². The molecule has 1 aromatic heterocycles. The van der Waals surface area contributed by atoms with E-state index in [-0.39, 0.29) is 5.58 Å². The average molecular weight is 199 g/mol. The van der Waals surface area contributed by atoms with Gasteiger partial charge in [0, 0.05) is 5.39 Å². The molecule has 0 fully saturated rings. The van der Waals surface area contributed by atoms with Crippen LogP contribution < -0.4 is 5.46 Å². The molecule has 1 nitrogen and oxygen atoms in total. The second kappa shape index (κ2) is 2.80. The minimum atomic E-state index is -5.00. The van der Waals surface area contributed by atoms with Gasteiger partial charge in [0.05, 0.1) is 6.26 Å². The molecule has 14 heavy (non-hydrogen) atoms. The van der Waals surface area contributed by atoms with Crippen molar-refractivity contribution in [3.63, 3.8) is 0 Å². The fraction of sp³-hybridized carbons (Fsp3) is 0.111. The molecule has 5 heteroatoms. The predicted molar refractivity (Wildman–Crippen MR) is 49.7 cm³/mol. The van der Waals surface area contributed by atoms with E-state index in [0.29, 0.717) is 10.9 Å². The Morgan fingerprint density at radius 3 is 2.57 bits per heavy atom. The topological polar surface area (TPSA) is 13.1 Å². The van der Waals surface area contributed by atoms with Crippen LogP contribution in [0.5, 0.6) is 0 Å². The van der Waals surface area contributed by atoms with Crippen molar-refractivity contribution in [2.45, 2.75) is 6.92 Å². The molecule has 0 unspecified atom stereocenters. The van der Waals surface area contributed by atoms with Crippen LogP contribution in [0.3, 0.4) is 0 Å². The van der Waals surface area contributed by atoms with E-state index in [0.717, 1.165) is 6.07 Å². The fourth-order valence-electron chi connectivity index (χ4n) is 1.51. The maximum absolute atomic E-state index is 12.6. The summed E-state index contributed by atoms with van der Waals surface area (Å²) in [5, 5.41) is 0.499. The lowest BCUT2D eigenvalue weighted by Gasteiger charge is -2.15. The Labute approximate surface area is 78.6 Å². The summed E-state index contributed by atoms with van der Waals surface area (Å²) >= 11 is 0. The van der Waals surface area contributed by atoms with E-state index < -0.39 is 12.4 Å². The summed E-state index contributed by atoms with van der Waals surface area (Å²) in [6.45, 7) is -3.36. The third kappa shape index (κ3) is 1.39. The highest BCUT2D eigenvalue weighted by molar-refractivity contribution is 6.75. The molecule has 0 N–H and O–H groups in total. The third-order valence-electron chi connectivity index (χ3n) is 2.08. The third-order valence-corrected chi connectivity index (χ3v) is 2.08. The summed E-state index contributed by atoms with van der Waals surface area (Å²) in [5.74, 6) is 0. The van der Waals surface area contributed by atoms with Gasteiger partial charge in [-0.25, -0.2) is 0 Å². The number of hydrogen-bond acceptors (Lipinski definition) is 1. The van der Waals surface area contributed by atoms with Gasteiger partial charge < -0.3 is 17.4 Å². The van der Waals surface area contributed by atoms with Crippen LogP contribution in [-0.2, 0) is 0 Å². The molecule has 2 aromatic rings. The first-order valence-corrected chi connectivity index (χ1v) is 4.16. The lowest BCUT2D eigenvalue weighted by atomic mass is 9.78. The van der Waals surface area contributed by atoms with Crippen LogP contribution in [0.15, 0.2) is 28.9 Å². The van der Waals surface area contributed by atoms with Crippen molar-refractivity contribution in [3.05, 3.63) is 30.0 Å². The number of aryl methyl sites for hydroxylation is 1. The summed E-state index contributed by atoms with van der Waals surface area (Å²) in [5.41, 5.74) is -0.124. The highest BCUT2D eigenvalue weighted by Gasteiger charge is 2.29.